The lowest BCUT2D eigenvalue weighted by Crippen LogP contribution is -2.27. The van der Waals surface area contributed by atoms with Gasteiger partial charge in [0, 0.05) is 36.3 Å². The number of nitrogens with two attached hydrogens (primary N) is 1. The molecule has 0 aliphatic heterocycles. The summed E-state index contributed by atoms with van der Waals surface area (Å²) in [6.45, 7) is 0.578. The highest BCUT2D eigenvalue weighted by atomic mass is 35.5. The van der Waals surface area contributed by atoms with Gasteiger partial charge in [0.25, 0.3) is 0 Å². The Kier molecular flexibility index (Phi) is 7.28. The number of aryl methyl sites for hydroxylation is 2. The highest BCUT2D eigenvalue weighted by molar-refractivity contribution is 7.15. The fraction of sp³-hybridized carbons (Fsp3) is 0.462. The van der Waals surface area contributed by atoms with Gasteiger partial charge in [-0.25, -0.2) is 4.98 Å². The molecule has 0 saturated carbocycles. The Balaban J connectivity index is 0.00000121. The molecule has 0 bridgehead atoms. The minimum atomic E-state index is -0.0316. The Morgan fingerprint density at radius 3 is 3.05 bits per heavy atom. The standard InChI is InChI=1S/C13H17N5OS.2ClH/c14-9-2-3-10-11(8-9)20-13(16-10)17-12(19)4-7-18-6-1-5-15-18;;/h1,5-6,9H,2-4,7-8,14H2,(H,16,17,19);2*1H/t9-;;/m0../s1. The number of nitrogens with one attached hydrogen (secondary N) is 1. The Morgan fingerprint density at radius 1 is 1.50 bits per heavy atom. The molecule has 0 aromatic carbocycles. The summed E-state index contributed by atoms with van der Waals surface area (Å²) in [5.74, 6) is -0.0316. The molecule has 1 aliphatic rings. The Hall–Kier alpha value is -1.15. The quantitative estimate of drug-likeness (QED) is 0.869. The predicted molar refractivity (Wildman–Crippen MR) is 92.1 cm³/mol. The van der Waals surface area contributed by atoms with E-state index in [1.807, 2.05) is 12.3 Å². The van der Waals surface area contributed by atoms with E-state index in [2.05, 4.69) is 15.4 Å². The third kappa shape index (κ3) is 4.67. The van der Waals surface area contributed by atoms with Crippen molar-refractivity contribution in [3.8, 4) is 0 Å². The van der Waals surface area contributed by atoms with Crippen molar-refractivity contribution >= 4 is 47.2 Å². The first-order chi connectivity index (χ1) is 9.70. The van der Waals surface area contributed by atoms with Crippen molar-refractivity contribution in [3.63, 3.8) is 0 Å². The van der Waals surface area contributed by atoms with E-state index >= 15 is 0 Å². The molecule has 1 amide bonds. The van der Waals surface area contributed by atoms with E-state index in [-0.39, 0.29) is 36.8 Å². The summed E-state index contributed by atoms with van der Waals surface area (Å²) >= 11 is 1.55. The number of thiazole rings is 1. The summed E-state index contributed by atoms with van der Waals surface area (Å²) < 4.78 is 1.74. The molecule has 3 N–H and O–H groups in total. The van der Waals surface area contributed by atoms with Gasteiger partial charge < -0.3 is 11.1 Å². The van der Waals surface area contributed by atoms with Gasteiger partial charge in [-0.15, -0.1) is 36.2 Å². The summed E-state index contributed by atoms with van der Waals surface area (Å²) in [5, 5.41) is 7.62. The van der Waals surface area contributed by atoms with E-state index in [9.17, 15) is 4.79 Å². The molecule has 1 aliphatic carbocycles. The average molecular weight is 364 g/mol. The van der Waals surface area contributed by atoms with E-state index in [4.69, 9.17) is 5.73 Å². The molecular weight excluding hydrogens is 345 g/mol. The van der Waals surface area contributed by atoms with Crippen LogP contribution >= 0.6 is 36.2 Å². The first kappa shape index (κ1) is 18.9. The monoisotopic (exact) mass is 363 g/mol. The first-order valence-corrected chi connectivity index (χ1v) is 7.54. The van der Waals surface area contributed by atoms with Crippen LogP contribution in [0.2, 0.25) is 0 Å². The van der Waals surface area contributed by atoms with Crippen molar-refractivity contribution in [1.82, 2.24) is 14.8 Å². The Labute approximate surface area is 145 Å². The molecule has 1 atom stereocenters. The second-order valence-electron chi connectivity index (χ2n) is 4.96. The second kappa shape index (κ2) is 8.47. The van der Waals surface area contributed by atoms with Gasteiger partial charge in [-0.1, -0.05) is 0 Å². The van der Waals surface area contributed by atoms with Gasteiger partial charge in [0.15, 0.2) is 5.13 Å². The summed E-state index contributed by atoms with van der Waals surface area (Å²) in [4.78, 5) is 17.6. The molecule has 3 rings (SSSR count). The van der Waals surface area contributed by atoms with Crippen molar-refractivity contribution in [2.45, 2.75) is 38.3 Å². The predicted octanol–water partition coefficient (Wildman–Crippen LogP) is 2.03. The van der Waals surface area contributed by atoms with Crippen LogP contribution < -0.4 is 11.1 Å². The normalized spacial score (nSPS) is 16.1. The van der Waals surface area contributed by atoms with Crippen molar-refractivity contribution in [2.24, 2.45) is 5.73 Å². The molecular formula is C13H19Cl2N5OS. The van der Waals surface area contributed by atoms with Crippen LogP contribution in [0.25, 0.3) is 0 Å². The number of amides is 1. The van der Waals surface area contributed by atoms with Crippen LogP contribution in [0.15, 0.2) is 18.5 Å². The van der Waals surface area contributed by atoms with E-state index < -0.39 is 0 Å². The van der Waals surface area contributed by atoms with Gasteiger partial charge in [0.1, 0.15) is 0 Å². The van der Waals surface area contributed by atoms with Crippen LogP contribution in [0.3, 0.4) is 0 Å². The van der Waals surface area contributed by atoms with Gasteiger partial charge >= 0.3 is 0 Å². The third-order valence-corrected chi connectivity index (χ3v) is 4.39. The lowest BCUT2D eigenvalue weighted by Gasteiger charge is -2.15. The number of nitrogens with zero attached hydrogens (tertiary/aromatic N) is 3. The Morgan fingerprint density at radius 2 is 2.32 bits per heavy atom. The number of anilines is 1. The number of halogens is 2. The number of rotatable bonds is 4. The van der Waals surface area contributed by atoms with E-state index in [1.54, 1.807) is 22.2 Å². The average Bonchev–Trinajstić information content (AvgIpc) is 3.04. The van der Waals surface area contributed by atoms with Crippen LogP contribution in [-0.2, 0) is 24.2 Å². The lowest BCUT2D eigenvalue weighted by atomic mass is 9.99. The Bertz CT molecular complexity index is 602. The molecule has 0 fully saturated rings. The number of carbonyl (C=O) groups excluding carboxylic acids is 1. The van der Waals surface area contributed by atoms with Crippen LogP contribution in [0.4, 0.5) is 5.13 Å². The van der Waals surface area contributed by atoms with Gasteiger partial charge in [0.2, 0.25) is 5.91 Å². The summed E-state index contributed by atoms with van der Waals surface area (Å²) in [6, 6.07) is 2.07. The maximum Gasteiger partial charge on any atom is 0.228 e. The first-order valence-electron chi connectivity index (χ1n) is 6.72. The molecule has 2 aromatic rings. The maximum absolute atomic E-state index is 11.9. The number of hydrogen-bond donors (Lipinski definition) is 2. The van der Waals surface area contributed by atoms with E-state index in [0.717, 1.165) is 25.0 Å². The lowest BCUT2D eigenvalue weighted by molar-refractivity contribution is -0.116. The zero-order chi connectivity index (χ0) is 13.9. The fourth-order valence-electron chi connectivity index (χ4n) is 2.28. The third-order valence-electron chi connectivity index (χ3n) is 3.35. The van der Waals surface area contributed by atoms with Crippen molar-refractivity contribution in [3.05, 3.63) is 29.0 Å². The van der Waals surface area contributed by atoms with Crippen molar-refractivity contribution in [2.75, 3.05) is 5.32 Å². The minimum absolute atomic E-state index is 0. The number of hydrogen-bond acceptors (Lipinski definition) is 5. The van der Waals surface area contributed by atoms with Crippen LogP contribution in [-0.4, -0.2) is 26.7 Å². The van der Waals surface area contributed by atoms with Crippen LogP contribution in [0.1, 0.15) is 23.4 Å². The van der Waals surface area contributed by atoms with Gasteiger partial charge in [-0.3, -0.25) is 9.48 Å². The molecule has 0 unspecified atom stereocenters. The van der Waals surface area contributed by atoms with Gasteiger partial charge in [-0.2, -0.15) is 5.10 Å². The summed E-state index contributed by atoms with van der Waals surface area (Å²) in [5.41, 5.74) is 7.04. The molecule has 6 nitrogen and oxygen atoms in total. The minimum Gasteiger partial charge on any atom is -0.327 e. The maximum atomic E-state index is 11.9. The smallest absolute Gasteiger partial charge is 0.228 e. The zero-order valence-electron chi connectivity index (χ0n) is 11.9. The zero-order valence-corrected chi connectivity index (χ0v) is 14.3. The molecule has 0 spiro atoms. The van der Waals surface area contributed by atoms with Crippen molar-refractivity contribution in [1.29, 1.82) is 0 Å². The number of carbonyl (C=O) groups is 1. The molecule has 22 heavy (non-hydrogen) atoms. The molecule has 122 valence electrons. The van der Waals surface area contributed by atoms with E-state index in [0.29, 0.717) is 18.1 Å². The highest BCUT2D eigenvalue weighted by Gasteiger charge is 2.20. The van der Waals surface area contributed by atoms with Crippen molar-refractivity contribution < 1.29 is 4.79 Å². The number of fused-ring (bicyclic) bond motifs is 1. The molecule has 2 aromatic heterocycles. The van der Waals surface area contributed by atoms with Crippen LogP contribution in [0, 0.1) is 0 Å². The molecule has 0 radical (unpaired) electrons. The van der Waals surface area contributed by atoms with Crippen LogP contribution in [0.5, 0.6) is 0 Å². The SMILES string of the molecule is Cl.Cl.N[C@H]1CCc2nc(NC(=O)CCn3cccn3)sc2C1. The number of aromatic nitrogens is 3. The largest absolute Gasteiger partial charge is 0.327 e. The van der Waals surface area contributed by atoms with E-state index in [1.165, 1.54) is 4.88 Å². The molecule has 2 heterocycles. The topological polar surface area (TPSA) is 85.8 Å². The van der Waals surface area contributed by atoms with Gasteiger partial charge in [0.05, 0.1) is 5.69 Å². The molecule has 9 heteroatoms. The second-order valence-corrected chi connectivity index (χ2v) is 6.04. The summed E-state index contributed by atoms with van der Waals surface area (Å²) in [7, 11) is 0. The summed E-state index contributed by atoms with van der Waals surface area (Å²) in [6.07, 6.45) is 6.70. The van der Waals surface area contributed by atoms with Gasteiger partial charge in [-0.05, 0) is 25.3 Å². The highest BCUT2D eigenvalue weighted by Crippen LogP contribution is 2.29. The fourth-order valence-corrected chi connectivity index (χ4v) is 3.40. The molecule has 0 saturated heterocycles.